The average Bonchev–Trinajstić information content (AvgIpc) is 3.51. The van der Waals surface area contributed by atoms with Crippen LogP contribution in [0.3, 0.4) is 0 Å². The van der Waals surface area contributed by atoms with Gasteiger partial charge in [-0.3, -0.25) is 9.59 Å². The molecule has 2 aliphatic rings. The van der Waals surface area contributed by atoms with Crippen LogP contribution in [0.15, 0.2) is 91.0 Å². The molecule has 2 aliphatic heterocycles. The highest BCUT2D eigenvalue weighted by Gasteiger charge is 2.32. The SMILES string of the molecule is O=C(C=Cc1ccc(Cl)cc1)NCC1CCN(CC(c2ccccc2)c2ccccc2)C(=O)C(CCCN2CCCC2)N1. The molecule has 5 rings (SSSR count). The number of likely N-dealkylation sites (tertiary alicyclic amines) is 1. The Hall–Kier alpha value is -3.45. The van der Waals surface area contributed by atoms with Crippen LogP contribution in [0.1, 0.15) is 54.7 Å². The standard InChI is InChI=1S/C36H43ClN4O2/c37-31-18-15-28(16-19-31)17-20-35(42)38-26-32-21-25-41(36(43)34(39-32)14-9-24-40-22-7-8-23-40)27-33(29-10-3-1-4-11-29)30-12-5-2-6-13-30/h1-6,10-13,15-20,32-34,39H,7-9,14,21-27H2,(H,38,42). The van der Waals surface area contributed by atoms with E-state index in [1.807, 2.05) is 24.3 Å². The third-order valence-electron chi connectivity index (χ3n) is 8.59. The van der Waals surface area contributed by atoms with Crippen molar-refractivity contribution < 1.29 is 9.59 Å². The zero-order chi connectivity index (χ0) is 29.9. The number of nitrogens with one attached hydrogen (secondary N) is 2. The molecule has 3 aromatic rings. The van der Waals surface area contributed by atoms with Gasteiger partial charge in [0.25, 0.3) is 0 Å². The molecule has 2 fully saturated rings. The van der Waals surface area contributed by atoms with Crippen molar-refractivity contribution in [3.05, 3.63) is 113 Å². The molecule has 7 heteroatoms. The minimum absolute atomic E-state index is 0.00511. The van der Waals surface area contributed by atoms with E-state index in [0.29, 0.717) is 24.7 Å². The lowest BCUT2D eigenvalue weighted by Crippen LogP contribution is -2.49. The van der Waals surface area contributed by atoms with Crippen molar-refractivity contribution in [1.29, 1.82) is 0 Å². The summed E-state index contributed by atoms with van der Waals surface area (Å²) >= 11 is 5.97. The van der Waals surface area contributed by atoms with Crippen LogP contribution in [0.5, 0.6) is 0 Å². The molecule has 2 N–H and O–H groups in total. The first-order chi connectivity index (χ1) is 21.0. The van der Waals surface area contributed by atoms with Gasteiger partial charge < -0.3 is 20.4 Å². The van der Waals surface area contributed by atoms with Gasteiger partial charge in [-0.1, -0.05) is 84.4 Å². The first kappa shape index (κ1) is 31.0. The second kappa shape index (κ2) is 15.9. The Labute approximate surface area is 261 Å². The van der Waals surface area contributed by atoms with Gasteiger partial charge in [0.05, 0.1) is 6.04 Å². The van der Waals surface area contributed by atoms with E-state index in [0.717, 1.165) is 44.5 Å². The number of rotatable bonds is 12. The van der Waals surface area contributed by atoms with Crippen LogP contribution in [0.4, 0.5) is 0 Å². The van der Waals surface area contributed by atoms with Gasteiger partial charge in [-0.05, 0) is 86.6 Å². The molecule has 0 spiro atoms. The largest absolute Gasteiger partial charge is 0.351 e. The molecule has 0 saturated carbocycles. The Kier molecular flexibility index (Phi) is 11.4. The quantitative estimate of drug-likeness (QED) is 0.261. The molecule has 2 atom stereocenters. The maximum atomic E-state index is 14.1. The van der Waals surface area contributed by atoms with Crippen LogP contribution in [0.25, 0.3) is 6.08 Å². The van der Waals surface area contributed by atoms with Crippen molar-refractivity contribution in [2.75, 3.05) is 39.3 Å². The van der Waals surface area contributed by atoms with Crippen molar-refractivity contribution in [3.63, 3.8) is 0 Å². The fourth-order valence-corrected chi connectivity index (χ4v) is 6.30. The normalized spacial score (nSPS) is 19.7. The zero-order valence-corrected chi connectivity index (χ0v) is 25.6. The van der Waals surface area contributed by atoms with Crippen LogP contribution < -0.4 is 10.6 Å². The van der Waals surface area contributed by atoms with Gasteiger partial charge >= 0.3 is 0 Å². The number of nitrogens with zero attached hydrogens (tertiary/aromatic N) is 2. The lowest BCUT2D eigenvalue weighted by Gasteiger charge is -2.29. The summed E-state index contributed by atoms with van der Waals surface area (Å²) in [4.78, 5) is 31.3. The molecule has 226 valence electrons. The number of hydrogen-bond acceptors (Lipinski definition) is 4. The van der Waals surface area contributed by atoms with Gasteiger partial charge in [-0.25, -0.2) is 0 Å². The molecule has 3 aromatic carbocycles. The maximum absolute atomic E-state index is 14.1. The molecule has 0 aromatic heterocycles. The van der Waals surface area contributed by atoms with E-state index in [1.54, 1.807) is 24.3 Å². The van der Waals surface area contributed by atoms with E-state index >= 15 is 0 Å². The van der Waals surface area contributed by atoms with Gasteiger partial charge in [-0.2, -0.15) is 0 Å². The fourth-order valence-electron chi connectivity index (χ4n) is 6.18. The molecule has 0 aliphatic carbocycles. The van der Waals surface area contributed by atoms with Gasteiger partial charge in [-0.15, -0.1) is 0 Å². The highest BCUT2D eigenvalue weighted by atomic mass is 35.5. The Balaban J connectivity index is 1.26. The maximum Gasteiger partial charge on any atom is 0.244 e. The number of hydrogen-bond donors (Lipinski definition) is 2. The van der Waals surface area contributed by atoms with Gasteiger partial charge in [0.2, 0.25) is 11.8 Å². The van der Waals surface area contributed by atoms with Gasteiger partial charge in [0, 0.05) is 42.7 Å². The third kappa shape index (κ3) is 9.27. The molecule has 43 heavy (non-hydrogen) atoms. The Morgan fingerprint density at radius 3 is 2.23 bits per heavy atom. The van der Waals surface area contributed by atoms with Crippen molar-refractivity contribution in [1.82, 2.24) is 20.4 Å². The molecule has 0 radical (unpaired) electrons. The van der Waals surface area contributed by atoms with Crippen molar-refractivity contribution in [2.45, 2.75) is 50.1 Å². The summed E-state index contributed by atoms with van der Waals surface area (Å²) in [6.45, 7) is 5.08. The Bertz CT molecular complexity index is 1290. The fraction of sp³-hybridized carbons (Fsp3) is 0.389. The lowest BCUT2D eigenvalue weighted by atomic mass is 9.90. The molecule has 2 unspecified atom stereocenters. The first-order valence-corrected chi connectivity index (χ1v) is 16.0. The minimum Gasteiger partial charge on any atom is -0.351 e. The van der Waals surface area contributed by atoms with Crippen LogP contribution >= 0.6 is 11.6 Å². The number of halogens is 1. The smallest absolute Gasteiger partial charge is 0.244 e. The minimum atomic E-state index is -0.274. The van der Waals surface area contributed by atoms with Crippen LogP contribution in [0, 0.1) is 0 Å². The molecule has 0 bridgehead atoms. The van der Waals surface area contributed by atoms with Crippen molar-refractivity contribution >= 4 is 29.5 Å². The predicted octanol–water partition coefficient (Wildman–Crippen LogP) is 5.74. The van der Waals surface area contributed by atoms with E-state index in [9.17, 15) is 9.59 Å². The summed E-state index contributed by atoms with van der Waals surface area (Å²) in [5.41, 5.74) is 3.33. The van der Waals surface area contributed by atoms with E-state index in [2.05, 4.69) is 69.0 Å². The van der Waals surface area contributed by atoms with E-state index in [4.69, 9.17) is 11.6 Å². The molecular formula is C36H43ClN4O2. The summed E-state index contributed by atoms with van der Waals surface area (Å²) < 4.78 is 0. The molecule has 6 nitrogen and oxygen atoms in total. The lowest BCUT2D eigenvalue weighted by molar-refractivity contribution is -0.133. The van der Waals surface area contributed by atoms with Gasteiger partial charge in [0.15, 0.2) is 0 Å². The first-order valence-electron chi connectivity index (χ1n) is 15.6. The third-order valence-corrected chi connectivity index (χ3v) is 8.84. The molecule has 2 heterocycles. The Morgan fingerprint density at radius 2 is 1.58 bits per heavy atom. The summed E-state index contributed by atoms with van der Waals surface area (Å²) in [6, 6.07) is 28.1. The van der Waals surface area contributed by atoms with Crippen LogP contribution in [-0.2, 0) is 9.59 Å². The Morgan fingerprint density at radius 1 is 0.930 bits per heavy atom. The highest BCUT2D eigenvalue weighted by Crippen LogP contribution is 2.27. The molecular weight excluding hydrogens is 556 g/mol. The summed E-state index contributed by atoms with van der Waals surface area (Å²) in [7, 11) is 0. The van der Waals surface area contributed by atoms with Crippen LogP contribution in [-0.4, -0.2) is 73.0 Å². The van der Waals surface area contributed by atoms with Gasteiger partial charge in [0.1, 0.15) is 0 Å². The van der Waals surface area contributed by atoms with Crippen LogP contribution in [0.2, 0.25) is 5.02 Å². The second-order valence-electron chi connectivity index (χ2n) is 11.7. The molecule has 2 saturated heterocycles. The average molecular weight is 599 g/mol. The summed E-state index contributed by atoms with van der Waals surface area (Å²) in [5.74, 6) is 0.101. The predicted molar refractivity (Wildman–Crippen MR) is 175 cm³/mol. The number of amides is 2. The number of benzene rings is 3. The van der Waals surface area contributed by atoms with Crippen molar-refractivity contribution in [2.24, 2.45) is 0 Å². The highest BCUT2D eigenvalue weighted by molar-refractivity contribution is 6.30. The number of carbonyl (C=O) groups is 2. The van der Waals surface area contributed by atoms with E-state index in [1.165, 1.54) is 24.0 Å². The molecule has 2 amide bonds. The second-order valence-corrected chi connectivity index (χ2v) is 12.1. The topological polar surface area (TPSA) is 64.7 Å². The summed E-state index contributed by atoms with van der Waals surface area (Å²) in [5, 5.41) is 7.36. The summed E-state index contributed by atoms with van der Waals surface area (Å²) in [6.07, 6.45) is 8.40. The zero-order valence-electron chi connectivity index (χ0n) is 24.8. The van der Waals surface area contributed by atoms with E-state index in [-0.39, 0.29) is 29.8 Å². The van der Waals surface area contributed by atoms with E-state index < -0.39 is 0 Å². The number of carbonyl (C=O) groups excluding carboxylic acids is 2. The monoisotopic (exact) mass is 598 g/mol. The van der Waals surface area contributed by atoms with Crippen molar-refractivity contribution in [3.8, 4) is 0 Å².